The number of nitrogens with one attached hydrogen (secondary N) is 1. The summed E-state index contributed by atoms with van der Waals surface area (Å²) in [5.74, 6) is 6.57. The number of aromatic nitrogens is 3. The highest BCUT2D eigenvalue weighted by molar-refractivity contribution is 6.31. The minimum Gasteiger partial charge on any atom is -0.368 e. The highest BCUT2D eigenvalue weighted by Crippen LogP contribution is 2.33. The van der Waals surface area contributed by atoms with Crippen LogP contribution in [-0.4, -0.2) is 20.9 Å². The summed E-state index contributed by atoms with van der Waals surface area (Å²) in [7, 11) is 0. The number of carbonyl (C=O) groups excluding carboxylic acids is 1. The second-order valence-electron chi connectivity index (χ2n) is 7.89. The lowest BCUT2D eigenvalue weighted by atomic mass is 9.89. The average molecular weight is 434 g/mol. The van der Waals surface area contributed by atoms with Gasteiger partial charge in [-0.2, -0.15) is 0 Å². The minimum atomic E-state index is -0.547. The van der Waals surface area contributed by atoms with Crippen molar-refractivity contribution >= 4 is 23.5 Å². The van der Waals surface area contributed by atoms with Crippen LogP contribution >= 0.6 is 11.6 Å². The molecule has 4 rings (SSSR count). The number of halogens is 1. The van der Waals surface area contributed by atoms with Gasteiger partial charge in [-0.25, -0.2) is 9.97 Å². The Morgan fingerprint density at radius 2 is 2.00 bits per heavy atom. The average Bonchev–Trinajstić information content (AvgIpc) is 3.21. The highest BCUT2D eigenvalue weighted by Gasteiger charge is 2.20. The number of primary amides is 1. The Morgan fingerprint density at radius 3 is 2.74 bits per heavy atom. The number of aryl methyl sites for hydroxylation is 1. The molecule has 1 aliphatic carbocycles. The van der Waals surface area contributed by atoms with Gasteiger partial charge in [0.05, 0.1) is 22.5 Å². The summed E-state index contributed by atoms with van der Waals surface area (Å²) in [5.41, 5.74) is 16.0. The lowest BCUT2D eigenvalue weighted by molar-refractivity contribution is 0.100. The molecule has 0 atom stereocenters. The standard InChI is InChI=1S/C24H24ClN5O/c1-14-7-10-17(25)11-18(14)22-19(23(26)31)12-20(29-22)21-16(13-28-24(27)30-21)9-8-15-5-3-2-4-6-15/h7,10-13,15,29H,2-6H2,1H3,(H2,26,31)(H2,27,28,30). The number of nitrogen functional groups attached to an aromatic ring is 1. The zero-order valence-electron chi connectivity index (χ0n) is 17.3. The van der Waals surface area contributed by atoms with E-state index in [2.05, 4.69) is 26.8 Å². The first-order valence-electron chi connectivity index (χ1n) is 10.4. The van der Waals surface area contributed by atoms with Crippen molar-refractivity contribution in [2.45, 2.75) is 39.0 Å². The molecule has 0 aliphatic heterocycles. The number of benzene rings is 1. The summed E-state index contributed by atoms with van der Waals surface area (Å²) in [6, 6.07) is 7.19. The van der Waals surface area contributed by atoms with Crippen molar-refractivity contribution in [3.8, 4) is 34.5 Å². The molecular weight excluding hydrogens is 410 g/mol. The van der Waals surface area contributed by atoms with Crippen molar-refractivity contribution in [3.05, 3.63) is 52.2 Å². The van der Waals surface area contributed by atoms with Crippen molar-refractivity contribution in [2.24, 2.45) is 11.7 Å². The van der Waals surface area contributed by atoms with Gasteiger partial charge in [0.1, 0.15) is 5.69 Å². The maximum absolute atomic E-state index is 12.2. The van der Waals surface area contributed by atoms with Gasteiger partial charge in [0.25, 0.3) is 5.91 Å². The van der Waals surface area contributed by atoms with E-state index in [1.165, 1.54) is 19.3 Å². The Labute approximate surface area is 186 Å². The molecule has 1 amide bonds. The van der Waals surface area contributed by atoms with E-state index in [0.29, 0.717) is 39.1 Å². The summed E-state index contributed by atoms with van der Waals surface area (Å²) >= 11 is 6.20. The lowest BCUT2D eigenvalue weighted by Gasteiger charge is -2.15. The number of nitrogens with zero attached hydrogens (tertiary/aromatic N) is 2. The van der Waals surface area contributed by atoms with Crippen LogP contribution in [0.2, 0.25) is 5.02 Å². The van der Waals surface area contributed by atoms with E-state index in [4.69, 9.17) is 23.1 Å². The number of anilines is 1. The third-order valence-corrected chi connectivity index (χ3v) is 5.87. The molecule has 2 aromatic heterocycles. The molecule has 1 aromatic carbocycles. The number of hydrogen-bond donors (Lipinski definition) is 3. The van der Waals surface area contributed by atoms with Crippen LogP contribution in [0, 0.1) is 24.7 Å². The van der Waals surface area contributed by atoms with E-state index in [9.17, 15) is 4.79 Å². The second kappa shape index (κ2) is 8.83. The molecule has 2 heterocycles. The Kier molecular flexibility index (Phi) is 5.97. The van der Waals surface area contributed by atoms with Crippen LogP contribution in [0.5, 0.6) is 0 Å². The fourth-order valence-corrected chi connectivity index (χ4v) is 4.14. The maximum Gasteiger partial charge on any atom is 0.250 e. The van der Waals surface area contributed by atoms with Gasteiger partial charge in [-0.05, 0) is 43.5 Å². The van der Waals surface area contributed by atoms with Gasteiger partial charge in [0.2, 0.25) is 5.95 Å². The van der Waals surface area contributed by atoms with Gasteiger partial charge in [-0.1, -0.05) is 48.8 Å². The van der Waals surface area contributed by atoms with Gasteiger partial charge < -0.3 is 16.5 Å². The monoisotopic (exact) mass is 433 g/mol. The molecule has 158 valence electrons. The van der Waals surface area contributed by atoms with Crippen LogP contribution < -0.4 is 11.5 Å². The fraction of sp³-hybridized carbons (Fsp3) is 0.292. The fourth-order valence-electron chi connectivity index (χ4n) is 3.97. The van der Waals surface area contributed by atoms with Crippen LogP contribution in [-0.2, 0) is 0 Å². The van der Waals surface area contributed by atoms with Crippen molar-refractivity contribution in [3.63, 3.8) is 0 Å². The molecule has 31 heavy (non-hydrogen) atoms. The number of amides is 1. The zero-order valence-corrected chi connectivity index (χ0v) is 18.1. The van der Waals surface area contributed by atoms with Crippen LogP contribution in [0.1, 0.15) is 53.6 Å². The summed E-state index contributed by atoms with van der Waals surface area (Å²) in [6.07, 6.45) is 7.56. The normalized spacial score (nSPS) is 14.1. The molecule has 6 nitrogen and oxygen atoms in total. The minimum absolute atomic E-state index is 0.133. The van der Waals surface area contributed by atoms with E-state index in [0.717, 1.165) is 24.0 Å². The number of hydrogen-bond acceptors (Lipinski definition) is 4. The van der Waals surface area contributed by atoms with Gasteiger partial charge in [-0.3, -0.25) is 4.79 Å². The Balaban J connectivity index is 1.81. The maximum atomic E-state index is 12.2. The SMILES string of the molecule is Cc1ccc(Cl)cc1-c1[nH]c(-c2nc(N)ncc2C#CC2CCCCC2)cc1C(N)=O. The number of rotatable bonds is 3. The van der Waals surface area contributed by atoms with Crippen LogP contribution in [0.25, 0.3) is 22.6 Å². The second-order valence-corrected chi connectivity index (χ2v) is 8.33. The zero-order chi connectivity index (χ0) is 22.0. The van der Waals surface area contributed by atoms with Crippen LogP contribution in [0.4, 0.5) is 5.95 Å². The van der Waals surface area contributed by atoms with Crippen molar-refractivity contribution in [1.82, 2.24) is 15.0 Å². The quantitative estimate of drug-likeness (QED) is 0.519. The molecule has 7 heteroatoms. The first-order chi connectivity index (χ1) is 14.9. The Hall–Kier alpha value is -3.30. The van der Waals surface area contributed by atoms with Gasteiger partial charge >= 0.3 is 0 Å². The number of aromatic amines is 1. The molecule has 5 N–H and O–H groups in total. The van der Waals surface area contributed by atoms with E-state index >= 15 is 0 Å². The van der Waals surface area contributed by atoms with Crippen molar-refractivity contribution < 1.29 is 4.79 Å². The van der Waals surface area contributed by atoms with Gasteiger partial charge in [0, 0.05) is 22.7 Å². The first kappa shape index (κ1) is 21.0. The number of H-pyrrole nitrogens is 1. The van der Waals surface area contributed by atoms with E-state index < -0.39 is 5.91 Å². The predicted octanol–water partition coefficient (Wildman–Crippen LogP) is 4.71. The molecule has 0 bridgehead atoms. The Morgan fingerprint density at radius 1 is 1.23 bits per heavy atom. The Bertz CT molecular complexity index is 1200. The molecule has 0 unspecified atom stereocenters. The van der Waals surface area contributed by atoms with Gasteiger partial charge in [-0.15, -0.1) is 0 Å². The highest BCUT2D eigenvalue weighted by atomic mass is 35.5. The molecule has 0 spiro atoms. The first-order valence-corrected chi connectivity index (χ1v) is 10.7. The van der Waals surface area contributed by atoms with E-state index in [-0.39, 0.29) is 5.95 Å². The van der Waals surface area contributed by atoms with E-state index in [1.807, 2.05) is 13.0 Å². The molecule has 1 fully saturated rings. The largest absolute Gasteiger partial charge is 0.368 e. The third-order valence-electron chi connectivity index (χ3n) is 5.63. The molecule has 0 radical (unpaired) electrons. The van der Waals surface area contributed by atoms with Gasteiger partial charge in [0.15, 0.2) is 0 Å². The summed E-state index contributed by atoms with van der Waals surface area (Å²) in [6.45, 7) is 1.95. The molecule has 3 aromatic rings. The summed E-state index contributed by atoms with van der Waals surface area (Å²) in [5, 5.41) is 0.567. The molecular formula is C24H24ClN5O. The molecule has 0 saturated heterocycles. The predicted molar refractivity (Wildman–Crippen MR) is 123 cm³/mol. The summed E-state index contributed by atoms with van der Waals surface area (Å²) in [4.78, 5) is 24.0. The van der Waals surface area contributed by atoms with Crippen molar-refractivity contribution in [1.29, 1.82) is 0 Å². The number of carbonyl (C=O) groups is 1. The van der Waals surface area contributed by atoms with E-state index in [1.54, 1.807) is 24.4 Å². The van der Waals surface area contributed by atoms with Crippen LogP contribution in [0.3, 0.4) is 0 Å². The molecule has 1 aliphatic rings. The smallest absolute Gasteiger partial charge is 0.250 e. The van der Waals surface area contributed by atoms with Crippen molar-refractivity contribution in [2.75, 3.05) is 5.73 Å². The van der Waals surface area contributed by atoms with Crippen LogP contribution in [0.15, 0.2) is 30.5 Å². The lowest BCUT2D eigenvalue weighted by Crippen LogP contribution is -2.11. The summed E-state index contributed by atoms with van der Waals surface area (Å²) < 4.78 is 0. The third kappa shape index (κ3) is 4.57. The number of nitrogens with two attached hydrogens (primary N) is 2. The topological polar surface area (TPSA) is 111 Å². The molecule has 1 saturated carbocycles.